The molecule has 23 heavy (non-hydrogen) atoms. The second-order valence-electron chi connectivity index (χ2n) is 6.13. The number of rotatable bonds is 12. The molecule has 0 heterocycles. The van der Waals surface area contributed by atoms with Crippen LogP contribution < -0.4 is 0 Å². The van der Waals surface area contributed by atoms with Crippen molar-refractivity contribution >= 4 is 0 Å². The summed E-state index contributed by atoms with van der Waals surface area (Å²) in [5.74, 6) is 0. The fraction of sp³-hybridized carbons (Fsp3) is 0.600. The van der Waals surface area contributed by atoms with Gasteiger partial charge in [-0.15, -0.1) is 0 Å². The summed E-state index contributed by atoms with van der Waals surface area (Å²) < 4.78 is 0. The van der Waals surface area contributed by atoms with E-state index in [4.69, 9.17) is 10.2 Å². The van der Waals surface area contributed by atoms with Crippen molar-refractivity contribution < 1.29 is 15.3 Å². The number of hydrogen-bond acceptors (Lipinski definition) is 3. The minimum Gasteiger partial charge on any atom is -0.392 e. The van der Waals surface area contributed by atoms with Crippen LogP contribution in [0.25, 0.3) is 0 Å². The van der Waals surface area contributed by atoms with Crippen LogP contribution in [0.15, 0.2) is 46.6 Å². The molecule has 0 aliphatic heterocycles. The molecule has 0 saturated heterocycles. The minimum atomic E-state index is 0.0967. The molecule has 0 amide bonds. The fourth-order valence-corrected chi connectivity index (χ4v) is 2.22. The highest BCUT2D eigenvalue weighted by Crippen LogP contribution is 2.13. The lowest BCUT2D eigenvalue weighted by atomic mass is 10.0. The molecule has 3 heteroatoms. The highest BCUT2D eigenvalue weighted by Gasteiger charge is 1.97. The molecule has 0 unspecified atom stereocenters. The summed E-state index contributed by atoms with van der Waals surface area (Å²) >= 11 is 0. The molecule has 0 aromatic carbocycles. The normalized spacial score (nSPS) is 14.5. The van der Waals surface area contributed by atoms with E-state index in [1.54, 1.807) is 0 Å². The van der Waals surface area contributed by atoms with E-state index < -0.39 is 0 Å². The second-order valence-corrected chi connectivity index (χ2v) is 6.13. The number of aliphatic hydroxyl groups excluding tert-OH is 3. The van der Waals surface area contributed by atoms with Crippen molar-refractivity contribution in [3.63, 3.8) is 0 Å². The predicted octanol–water partition coefficient (Wildman–Crippen LogP) is 4.07. The van der Waals surface area contributed by atoms with Crippen LogP contribution >= 0.6 is 0 Å². The van der Waals surface area contributed by atoms with Crippen molar-refractivity contribution in [1.82, 2.24) is 0 Å². The van der Waals surface area contributed by atoms with Crippen molar-refractivity contribution in [2.24, 2.45) is 0 Å². The third kappa shape index (κ3) is 13.0. The van der Waals surface area contributed by atoms with Gasteiger partial charge < -0.3 is 15.3 Å². The monoisotopic (exact) mass is 322 g/mol. The van der Waals surface area contributed by atoms with Crippen LogP contribution in [0.2, 0.25) is 0 Å². The first kappa shape index (κ1) is 21.8. The van der Waals surface area contributed by atoms with E-state index in [0.29, 0.717) is 0 Å². The second kappa shape index (κ2) is 14.4. The summed E-state index contributed by atoms with van der Waals surface area (Å²) in [6, 6.07) is 0. The van der Waals surface area contributed by atoms with E-state index >= 15 is 0 Å². The van der Waals surface area contributed by atoms with Gasteiger partial charge in [-0.3, -0.25) is 0 Å². The molecular weight excluding hydrogens is 288 g/mol. The van der Waals surface area contributed by atoms with Gasteiger partial charge in [-0.05, 0) is 64.9 Å². The third-order valence-corrected chi connectivity index (χ3v) is 3.85. The summed E-state index contributed by atoms with van der Waals surface area (Å²) in [6.45, 7) is 6.44. The molecule has 3 nitrogen and oxygen atoms in total. The van der Waals surface area contributed by atoms with E-state index in [0.717, 1.165) is 49.7 Å². The van der Waals surface area contributed by atoms with Crippen LogP contribution in [0.3, 0.4) is 0 Å². The Labute approximate surface area is 141 Å². The molecule has 0 saturated carbocycles. The lowest BCUT2D eigenvalue weighted by Gasteiger charge is -2.04. The quantitative estimate of drug-likeness (QED) is 0.475. The topological polar surface area (TPSA) is 60.7 Å². The lowest BCUT2D eigenvalue weighted by Crippen LogP contribution is -1.91. The maximum Gasteiger partial charge on any atom is 0.0641 e. The van der Waals surface area contributed by atoms with Crippen molar-refractivity contribution in [3.05, 3.63) is 46.6 Å². The van der Waals surface area contributed by atoms with E-state index in [9.17, 15) is 5.11 Å². The predicted molar refractivity (Wildman–Crippen MR) is 98.3 cm³/mol. The van der Waals surface area contributed by atoms with Gasteiger partial charge in [-0.25, -0.2) is 0 Å². The van der Waals surface area contributed by atoms with Crippen molar-refractivity contribution in [2.75, 3.05) is 19.8 Å². The smallest absolute Gasteiger partial charge is 0.0641 e. The van der Waals surface area contributed by atoms with Gasteiger partial charge in [0.25, 0.3) is 0 Å². The first-order chi connectivity index (χ1) is 11.0. The van der Waals surface area contributed by atoms with Gasteiger partial charge in [-0.2, -0.15) is 0 Å². The molecule has 0 bridgehead atoms. The SMILES string of the molecule is C/C(=C/CC/C(C)=C/CC/C(=C/CC/C(C)=C/CO)CO)CO. The molecule has 3 N–H and O–H groups in total. The van der Waals surface area contributed by atoms with Gasteiger partial charge >= 0.3 is 0 Å². The third-order valence-electron chi connectivity index (χ3n) is 3.85. The molecule has 0 spiro atoms. The van der Waals surface area contributed by atoms with Gasteiger partial charge in [0.15, 0.2) is 0 Å². The largest absolute Gasteiger partial charge is 0.392 e. The van der Waals surface area contributed by atoms with Gasteiger partial charge in [0.05, 0.1) is 19.8 Å². The van der Waals surface area contributed by atoms with E-state index in [1.165, 1.54) is 11.1 Å². The molecule has 0 aromatic heterocycles. The lowest BCUT2D eigenvalue weighted by molar-refractivity contribution is 0.326. The zero-order valence-electron chi connectivity index (χ0n) is 15.0. The van der Waals surface area contributed by atoms with Crippen molar-refractivity contribution in [3.8, 4) is 0 Å². The molecule has 0 rings (SSSR count). The zero-order chi connectivity index (χ0) is 17.5. The van der Waals surface area contributed by atoms with Crippen LogP contribution in [-0.2, 0) is 0 Å². The standard InChI is InChI=1S/C20H34O3/c1-17(7-4-10-19(3)15-22)8-5-11-20(16-23)12-6-9-18(2)13-14-21/h8,10,12-13,21-23H,4-7,9,11,14-16H2,1-3H3/b17-8+,18-13+,19-10-,20-12-. The number of hydrogen-bond donors (Lipinski definition) is 3. The molecule has 132 valence electrons. The summed E-state index contributed by atoms with van der Waals surface area (Å²) in [7, 11) is 0. The molecular formula is C20H34O3. The maximum absolute atomic E-state index is 9.41. The Morgan fingerprint density at radius 2 is 1.13 bits per heavy atom. The molecule has 0 aliphatic carbocycles. The zero-order valence-corrected chi connectivity index (χ0v) is 15.0. The molecule has 0 fully saturated rings. The molecule has 0 aromatic rings. The van der Waals surface area contributed by atoms with Gasteiger partial charge in [0.2, 0.25) is 0 Å². The highest BCUT2D eigenvalue weighted by atomic mass is 16.3. The fourth-order valence-electron chi connectivity index (χ4n) is 2.22. The van der Waals surface area contributed by atoms with Gasteiger partial charge in [-0.1, -0.05) is 41.0 Å². The minimum absolute atomic E-state index is 0.0967. The van der Waals surface area contributed by atoms with Crippen molar-refractivity contribution in [1.29, 1.82) is 0 Å². The van der Waals surface area contributed by atoms with E-state index in [1.807, 2.05) is 19.9 Å². The van der Waals surface area contributed by atoms with Crippen LogP contribution in [0, 0.1) is 0 Å². The summed E-state index contributed by atoms with van der Waals surface area (Å²) in [4.78, 5) is 0. The average Bonchev–Trinajstić information content (AvgIpc) is 2.53. The van der Waals surface area contributed by atoms with Gasteiger partial charge in [0.1, 0.15) is 0 Å². The maximum atomic E-state index is 9.41. The Balaban J connectivity index is 4.14. The van der Waals surface area contributed by atoms with E-state index in [2.05, 4.69) is 25.2 Å². The summed E-state index contributed by atoms with van der Waals surface area (Å²) in [5.41, 5.74) is 4.64. The number of aliphatic hydroxyl groups is 3. The van der Waals surface area contributed by atoms with Gasteiger partial charge in [0, 0.05) is 0 Å². The Morgan fingerprint density at radius 1 is 0.609 bits per heavy atom. The first-order valence-corrected chi connectivity index (χ1v) is 8.50. The summed E-state index contributed by atoms with van der Waals surface area (Å²) in [6.07, 6.45) is 13.9. The highest BCUT2D eigenvalue weighted by molar-refractivity contribution is 5.09. The molecule has 0 aliphatic rings. The first-order valence-electron chi connectivity index (χ1n) is 8.50. The van der Waals surface area contributed by atoms with Crippen LogP contribution in [0.1, 0.15) is 59.3 Å². The summed E-state index contributed by atoms with van der Waals surface area (Å²) in [5, 5.41) is 27.2. The number of allylic oxidation sites excluding steroid dienone is 5. The van der Waals surface area contributed by atoms with Crippen molar-refractivity contribution in [2.45, 2.75) is 59.3 Å². The Hall–Kier alpha value is -1.16. The average molecular weight is 322 g/mol. The Kier molecular flexibility index (Phi) is 13.7. The molecule has 0 atom stereocenters. The molecule has 0 radical (unpaired) electrons. The Morgan fingerprint density at radius 3 is 1.70 bits per heavy atom. The van der Waals surface area contributed by atoms with E-state index in [-0.39, 0.29) is 19.8 Å². The van der Waals surface area contributed by atoms with Crippen LogP contribution in [0.5, 0.6) is 0 Å². The van der Waals surface area contributed by atoms with Crippen LogP contribution in [0.4, 0.5) is 0 Å². The van der Waals surface area contributed by atoms with Crippen LogP contribution in [-0.4, -0.2) is 35.1 Å². The Bertz CT molecular complexity index is 428.